The number of benzene rings is 1. The molecule has 3 aromatic heterocycles. The van der Waals surface area contributed by atoms with Crippen molar-refractivity contribution >= 4 is 23.5 Å². The van der Waals surface area contributed by atoms with Crippen LogP contribution in [0.5, 0.6) is 0 Å². The number of nitrogens with zero attached hydrogens (tertiary/aromatic N) is 4. The molecule has 0 aliphatic rings. The second-order valence-corrected chi connectivity index (χ2v) is 7.90. The molecule has 146 valence electrons. The highest BCUT2D eigenvalue weighted by molar-refractivity contribution is 7.15. The monoisotopic (exact) mass is 404 g/mol. The molecule has 0 radical (unpaired) electrons. The normalized spacial score (nSPS) is 11.3. The number of thiophene rings is 1. The molecule has 2 N–H and O–H groups in total. The highest BCUT2D eigenvalue weighted by atomic mass is 32.1. The van der Waals surface area contributed by atoms with Crippen LogP contribution >= 0.6 is 11.3 Å². The van der Waals surface area contributed by atoms with Gasteiger partial charge >= 0.3 is 0 Å². The van der Waals surface area contributed by atoms with Crippen LogP contribution in [0.25, 0.3) is 16.3 Å². The lowest BCUT2D eigenvalue weighted by Gasteiger charge is -2.03. The molecule has 1 amide bonds. The van der Waals surface area contributed by atoms with E-state index >= 15 is 0 Å². The van der Waals surface area contributed by atoms with Gasteiger partial charge in [-0.1, -0.05) is 18.2 Å². The Labute approximate surface area is 172 Å². The van der Waals surface area contributed by atoms with Crippen LogP contribution < -0.4 is 5.43 Å². The summed E-state index contributed by atoms with van der Waals surface area (Å²) in [5.41, 5.74) is 7.26. The van der Waals surface area contributed by atoms with E-state index in [1.807, 2.05) is 67.9 Å². The number of hydrogen-bond donors (Lipinski definition) is 2. The van der Waals surface area contributed by atoms with E-state index in [1.165, 1.54) is 4.88 Å². The number of carbonyl (C=O) groups is 1. The lowest BCUT2D eigenvalue weighted by molar-refractivity contribution is 0.0950. The van der Waals surface area contributed by atoms with Crippen molar-refractivity contribution in [2.75, 3.05) is 0 Å². The van der Waals surface area contributed by atoms with Crippen molar-refractivity contribution in [2.45, 2.75) is 20.8 Å². The largest absolute Gasteiger partial charge is 0.291 e. The average molecular weight is 404 g/mol. The van der Waals surface area contributed by atoms with Gasteiger partial charge in [-0.3, -0.25) is 9.89 Å². The molecule has 0 bridgehead atoms. The molecule has 4 rings (SSSR count). The van der Waals surface area contributed by atoms with Gasteiger partial charge in [0.2, 0.25) is 0 Å². The molecule has 29 heavy (non-hydrogen) atoms. The Hall–Kier alpha value is -3.52. The van der Waals surface area contributed by atoms with Crippen LogP contribution in [0, 0.1) is 20.8 Å². The Kier molecular flexibility index (Phi) is 5.09. The maximum atomic E-state index is 12.4. The summed E-state index contributed by atoms with van der Waals surface area (Å²) in [7, 11) is 0. The lowest BCUT2D eigenvalue weighted by Crippen LogP contribution is -2.18. The number of hydrogen-bond acceptors (Lipinski definition) is 5. The Morgan fingerprint density at radius 1 is 1.17 bits per heavy atom. The van der Waals surface area contributed by atoms with Gasteiger partial charge in [-0.05, 0) is 51.1 Å². The van der Waals surface area contributed by atoms with Gasteiger partial charge in [-0.2, -0.15) is 15.3 Å². The molecule has 0 spiro atoms. The van der Waals surface area contributed by atoms with Crippen LogP contribution in [0.3, 0.4) is 0 Å². The molecule has 0 unspecified atom stereocenters. The second-order valence-electron chi connectivity index (χ2n) is 6.61. The zero-order valence-electron chi connectivity index (χ0n) is 16.3. The highest BCUT2D eigenvalue weighted by Crippen LogP contribution is 2.26. The molecule has 0 aliphatic carbocycles. The number of carbonyl (C=O) groups excluding carboxylic acids is 1. The Balaban J connectivity index is 1.47. The first-order valence-corrected chi connectivity index (χ1v) is 9.92. The van der Waals surface area contributed by atoms with E-state index < -0.39 is 0 Å². The van der Waals surface area contributed by atoms with Crippen molar-refractivity contribution in [1.29, 1.82) is 0 Å². The molecule has 0 saturated carbocycles. The fraction of sp³-hybridized carbons (Fsp3) is 0.143. The van der Waals surface area contributed by atoms with Crippen molar-refractivity contribution in [3.63, 3.8) is 0 Å². The number of aromatic amines is 1. The van der Waals surface area contributed by atoms with Crippen molar-refractivity contribution in [1.82, 2.24) is 25.4 Å². The topological polar surface area (TPSA) is 88.0 Å². The molecular formula is C21H20N6OS. The van der Waals surface area contributed by atoms with Gasteiger partial charge in [0.25, 0.3) is 5.91 Å². The first-order chi connectivity index (χ1) is 14.0. The van der Waals surface area contributed by atoms with Crippen molar-refractivity contribution < 1.29 is 4.79 Å². The summed E-state index contributed by atoms with van der Waals surface area (Å²) in [6.45, 7) is 5.93. The maximum Gasteiger partial charge on any atom is 0.291 e. The quantitative estimate of drug-likeness (QED) is 0.389. The molecule has 8 heteroatoms. The van der Waals surface area contributed by atoms with Crippen LogP contribution in [0.4, 0.5) is 0 Å². The van der Waals surface area contributed by atoms with Crippen LogP contribution in [0.1, 0.15) is 32.3 Å². The van der Waals surface area contributed by atoms with Gasteiger partial charge in [0.15, 0.2) is 5.69 Å². The number of aryl methyl sites for hydroxylation is 2. The van der Waals surface area contributed by atoms with Gasteiger partial charge in [0.05, 0.1) is 33.9 Å². The van der Waals surface area contributed by atoms with Gasteiger partial charge in [0.1, 0.15) is 0 Å². The third-order valence-corrected chi connectivity index (χ3v) is 5.56. The SMILES string of the molecule is Cc1ccc(-c2cc(C(=O)N/N=C\c3c(C)nn(-c4ccccc4)c3C)n[nH]2)s1. The Morgan fingerprint density at radius 2 is 1.97 bits per heavy atom. The predicted molar refractivity (Wildman–Crippen MR) is 115 cm³/mol. The van der Waals surface area contributed by atoms with E-state index in [9.17, 15) is 4.79 Å². The summed E-state index contributed by atoms with van der Waals surface area (Å²) in [5, 5.41) is 15.7. The minimum absolute atomic E-state index is 0.289. The second kappa shape index (κ2) is 7.84. The van der Waals surface area contributed by atoms with Crippen molar-refractivity contribution in [3.8, 4) is 16.3 Å². The van der Waals surface area contributed by atoms with Crippen molar-refractivity contribution in [2.24, 2.45) is 5.10 Å². The standard InChI is InChI=1S/C21H20N6OS/c1-13-9-10-20(29-13)18-11-19(24-23-18)21(28)25-22-12-17-14(2)26-27(15(17)3)16-7-5-4-6-8-16/h4-12H,1-3H3,(H,23,24)(H,25,28)/b22-12-. The number of hydrazone groups is 1. The van der Waals surface area contributed by atoms with E-state index in [0.717, 1.165) is 33.2 Å². The Bertz CT molecular complexity index is 1190. The van der Waals surface area contributed by atoms with E-state index in [-0.39, 0.29) is 11.6 Å². The van der Waals surface area contributed by atoms with Crippen molar-refractivity contribution in [3.05, 3.63) is 76.1 Å². The third-order valence-electron chi connectivity index (χ3n) is 4.52. The van der Waals surface area contributed by atoms with Crippen LogP contribution in [0.15, 0.2) is 53.6 Å². The van der Waals surface area contributed by atoms with E-state index in [2.05, 4.69) is 25.8 Å². The summed E-state index contributed by atoms with van der Waals surface area (Å²) in [6, 6.07) is 15.6. The molecule has 3 heterocycles. The maximum absolute atomic E-state index is 12.4. The fourth-order valence-corrected chi connectivity index (χ4v) is 3.85. The summed E-state index contributed by atoms with van der Waals surface area (Å²) >= 11 is 1.64. The minimum Gasteiger partial charge on any atom is -0.276 e. The third kappa shape index (κ3) is 3.88. The number of nitrogens with one attached hydrogen (secondary N) is 2. The summed E-state index contributed by atoms with van der Waals surface area (Å²) in [6.07, 6.45) is 1.62. The number of amides is 1. The molecule has 4 aromatic rings. The highest BCUT2D eigenvalue weighted by Gasteiger charge is 2.13. The molecular weight excluding hydrogens is 384 g/mol. The van der Waals surface area contributed by atoms with Crippen LogP contribution in [-0.4, -0.2) is 32.1 Å². The molecule has 0 atom stereocenters. The number of aromatic nitrogens is 4. The first-order valence-electron chi connectivity index (χ1n) is 9.10. The van der Waals surface area contributed by atoms with Gasteiger partial charge in [0, 0.05) is 10.4 Å². The zero-order valence-corrected chi connectivity index (χ0v) is 17.1. The summed E-state index contributed by atoms with van der Waals surface area (Å²) < 4.78 is 1.86. The van der Waals surface area contributed by atoms with E-state index in [4.69, 9.17) is 0 Å². The molecule has 1 aromatic carbocycles. The van der Waals surface area contributed by atoms with Crippen LogP contribution in [-0.2, 0) is 0 Å². The van der Waals surface area contributed by atoms with Gasteiger partial charge in [-0.15, -0.1) is 11.3 Å². The number of H-pyrrole nitrogens is 1. The lowest BCUT2D eigenvalue weighted by atomic mass is 10.2. The number of rotatable bonds is 5. The Morgan fingerprint density at radius 3 is 2.69 bits per heavy atom. The van der Waals surface area contributed by atoms with E-state index in [1.54, 1.807) is 23.6 Å². The zero-order chi connectivity index (χ0) is 20.4. The van der Waals surface area contributed by atoms with Crippen LogP contribution in [0.2, 0.25) is 0 Å². The summed E-state index contributed by atoms with van der Waals surface area (Å²) in [5.74, 6) is -0.372. The van der Waals surface area contributed by atoms with Gasteiger partial charge < -0.3 is 0 Å². The molecule has 7 nitrogen and oxygen atoms in total. The summed E-state index contributed by atoms with van der Waals surface area (Å²) in [4.78, 5) is 14.6. The first kappa shape index (κ1) is 18.8. The molecule has 0 saturated heterocycles. The molecule has 0 fully saturated rings. The smallest absolute Gasteiger partial charge is 0.276 e. The molecule has 0 aliphatic heterocycles. The number of para-hydroxylation sites is 1. The minimum atomic E-state index is -0.372. The fourth-order valence-electron chi connectivity index (χ4n) is 3.02. The average Bonchev–Trinajstić information content (AvgIpc) is 3.43. The van der Waals surface area contributed by atoms with Gasteiger partial charge in [-0.25, -0.2) is 10.1 Å². The predicted octanol–water partition coefficient (Wildman–Crippen LogP) is 4.01. The van der Waals surface area contributed by atoms with E-state index in [0.29, 0.717) is 0 Å².